The monoisotopic (exact) mass is 371 g/mol. The predicted octanol–water partition coefficient (Wildman–Crippen LogP) is 1.23. The second kappa shape index (κ2) is 6.30. The van der Waals surface area contributed by atoms with Gasteiger partial charge in [0.25, 0.3) is 0 Å². The van der Waals surface area contributed by atoms with Gasteiger partial charge >= 0.3 is 5.97 Å². The number of hydrogen-bond donors (Lipinski definition) is 1. The van der Waals surface area contributed by atoms with E-state index < -0.39 is 29.9 Å². The molecule has 0 unspecified atom stereocenters. The van der Waals surface area contributed by atoms with E-state index in [1.807, 2.05) is 35.7 Å². The highest BCUT2D eigenvalue weighted by molar-refractivity contribution is 7.10. The topological polar surface area (TPSA) is 88.6 Å². The van der Waals surface area contributed by atoms with Crippen LogP contribution in [0.3, 0.4) is 0 Å². The minimum Gasteiger partial charge on any atom is -0.468 e. The first-order chi connectivity index (χ1) is 12.5. The lowest BCUT2D eigenvalue weighted by Gasteiger charge is -2.17. The fraction of sp³-hybridized carbons (Fsp3) is 0.333. The highest BCUT2D eigenvalue weighted by Crippen LogP contribution is 2.44. The van der Waals surface area contributed by atoms with Crippen LogP contribution in [0.15, 0.2) is 35.7 Å². The lowest BCUT2D eigenvalue weighted by molar-refractivity contribution is -0.147. The molecule has 1 aromatic carbocycles. The molecule has 7 nitrogen and oxygen atoms in total. The van der Waals surface area contributed by atoms with Gasteiger partial charge in [0.05, 0.1) is 30.7 Å². The molecule has 2 saturated heterocycles. The van der Waals surface area contributed by atoms with Crippen LogP contribution in [0.5, 0.6) is 0 Å². The standard InChI is InChI=1S/C18H17N3O4S/c1-21-16(22)11-12(17(21)23)14(18(24)25-2)20-13(11)15-19-10(8-26-15)9-6-4-3-5-7-9/h3-8,11-14,20H,1-2H3/t11-,12+,13+,14-/m1/s1. The molecular formula is C18H17N3O4S. The highest BCUT2D eigenvalue weighted by atomic mass is 32.1. The van der Waals surface area contributed by atoms with E-state index in [4.69, 9.17) is 4.74 Å². The summed E-state index contributed by atoms with van der Waals surface area (Å²) in [4.78, 5) is 43.0. The van der Waals surface area contributed by atoms with Gasteiger partial charge in [0.15, 0.2) is 0 Å². The third-order valence-electron chi connectivity index (χ3n) is 5.01. The van der Waals surface area contributed by atoms with Crippen molar-refractivity contribution in [3.05, 3.63) is 40.7 Å². The van der Waals surface area contributed by atoms with Crippen molar-refractivity contribution >= 4 is 29.1 Å². The number of amides is 2. The van der Waals surface area contributed by atoms with Crippen molar-refractivity contribution < 1.29 is 19.1 Å². The van der Waals surface area contributed by atoms with Gasteiger partial charge in [-0.1, -0.05) is 30.3 Å². The van der Waals surface area contributed by atoms with Crippen molar-refractivity contribution in [3.8, 4) is 11.3 Å². The van der Waals surface area contributed by atoms with Gasteiger partial charge in [0.1, 0.15) is 11.0 Å². The third kappa shape index (κ3) is 2.45. The van der Waals surface area contributed by atoms with Gasteiger partial charge in [-0.05, 0) is 0 Å². The largest absolute Gasteiger partial charge is 0.468 e. The molecule has 0 radical (unpaired) electrons. The van der Waals surface area contributed by atoms with E-state index in [0.717, 1.165) is 16.2 Å². The lowest BCUT2D eigenvalue weighted by atomic mass is 9.89. The maximum atomic E-state index is 12.6. The molecule has 2 aromatic rings. The summed E-state index contributed by atoms with van der Waals surface area (Å²) in [5.41, 5.74) is 1.77. The number of thiazole rings is 1. The number of imide groups is 1. The molecule has 4 atom stereocenters. The van der Waals surface area contributed by atoms with E-state index in [-0.39, 0.29) is 11.8 Å². The Morgan fingerprint density at radius 1 is 1.19 bits per heavy atom. The number of benzene rings is 1. The molecule has 26 heavy (non-hydrogen) atoms. The Labute approximate surface area is 154 Å². The highest BCUT2D eigenvalue weighted by Gasteiger charge is 2.61. The number of ether oxygens (including phenoxy) is 1. The van der Waals surface area contributed by atoms with E-state index >= 15 is 0 Å². The Bertz CT molecular complexity index is 882. The summed E-state index contributed by atoms with van der Waals surface area (Å²) in [6.45, 7) is 0. The fourth-order valence-corrected chi connectivity index (χ4v) is 4.64. The molecule has 134 valence electrons. The zero-order chi connectivity index (χ0) is 18.4. The number of hydrogen-bond acceptors (Lipinski definition) is 7. The van der Waals surface area contributed by atoms with Gasteiger partial charge in [0, 0.05) is 18.0 Å². The van der Waals surface area contributed by atoms with Crippen LogP contribution in [-0.2, 0) is 19.1 Å². The molecule has 3 heterocycles. The number of nitrogens with zero attached hydrogens (tertiary/aromatic N) is 2. The molecule has 0 spiro atoms. The Balaban J connectivity index is 1.70. The van der Waals surface area contributed by atoms with Gasteiger partial charge < -0.3 is 4.74 Å². The van der Waals surface area contributed by atoms with Gasteiger partial charge in [0.2, 0.25) is 11.8 Å². The second-order valence-corrected chi connectivity index (χ2v) is 7.26. The van der Waals surface area contributed by atoms with Crippen molar-refractivity contribution in [1.82, 2.24) is 15.2 Å². The summed E-state index contributed by atoms with van der Waals surface area (Å²) in [6.07, 6.45) is 0. The van der Waals surface area contributed by atoms with E-state index in [9.17, 15) is 14.4 Å². The number of esters is 1. The zero-order valence-electron chi connectivity index (χ0n) is 14.2. The van der Waals surface area contributed by atoms with Crippen LogP contribution in [0.2, 0.25) is 0 Å². The van der Waals surface area contributed by atoms with Crippen LogP contribution in [0, 0.1) is 11.8 Å². The number of aromatic nitrogens is 1. The summed E-state index contributed by atoms with van der Waals surface area (Å²) >= 11 is 1.41. The molecule has 1 N–H and O–H groups in total. The first kappa shape index (κ1) is 16.9. The van der Waals surface area contributed by atoms with E-state index in [1.54, 1.807) is 0 Å². The normalized spacial score (nSPS) is 27.7. The van der Waals surface area contributed by atoms with Gasteiger partial charge in [-0.15, -0.1) is 11.3 Å². The van der Waals surface area contributed by atoms with Crippen molar-refractivity contribution in [3.63, 3.8) is 0 Å². The molecule has 1 aromatic heterocycles. The molecule has 8 heteroatoms. The van der Waals surface area contributed by atoms with Crippen molar-refractivity contribution in [2.75, 3.05) is 14.2 Å². The molecule has 0 aliphatic carbocycles. The summed E-state index contributed by atoms with van der Waals surface area (Å²) < 4.78 is 4.82. The number of rotatable bonds is 3. The van der Waals surface area contributed by atoms with Gasteiger partial charge in [-0.25, -0.2) is 4.98 Å². The van der Waals surface area contributed by atoms with Crippen LogP contribution < -0.4 is 5.32 Å². The Kier molecular flexibility index (Phi) is 4.08. The average molecular weight is 371 g/mol. The molecule has 2 aliphatic rings. The fourth-order valence-electron chi connectivity index (χ4n) is 3.70. The Morgan fingerprint density at radius 2 is 1.88 bits per heavy atom. The summed E-state index contributed by atoms with van der Waals surface area (Å²) in [7, 11) is 2.72. The maximum absolute atomic E-state index is 12.6. The molecule has 2 fully saturated rings. The lowest BCUT2D eigenvalue weighted by Crippen LogP contribution is -2.42. The minimum absolute atomic E-state index is 0.291. The van der Waals surface area contributed by atoms with Gasteiger partial charge in [-0.3, -0.25) is 24.6 Å². The first-order valence-corrected chi connectivity index (χ1v) is 9.07. The number of carbonyl (C=O) groups excluding carboxylic acids is 3. The smallest absolute Gasteiger partial charge is 0.323 e. The number of fused-ring (bicyclic) bond motifs is 1. The van der Waals surface area contributed by atoms with E-state index in [2.05, 4.69) is 10.3 Å². The van der Waals surface area contributed by atoms with Crippen LogP contribution in [-0.4, -0.2) is 47.9 Å². The van der Waals surface area contributed by atoms with E-state index in [0.29, 0.717) is 5.01 Å². The number of nitrogens with one attached hydrogen (secondary N) is 1. The summed E-state index contributed by atoms with van der Waals surface area (Å²) in [6, 6.07) is 8.37. The van der Waals surface area contributed by atoms with Crippen LogP contribution in [0.4, 0.5) is 0 Å². The number of carbonyl (C=O) groups is 3. The molecule has 2 aliphatic heterocycles. The molecule has 0 bridgehead atoms. The SMILES string of the molecule is COC(=O)[C@@H]1N[C@H](c2nc(-c3ccccc3)cs2)[C@@H]2C(=O)N(C)C(=O)[C@@H]21. The quantitative estimate of drug-likeness (QED) is 0.645. The average Bonchev–Trinajstić information content (AvgIpc) is 3.35. The zero-order valence-corrected chi connectivity index (χ0v) is 15.0. The number of methoxy groups -OCH3 is 1. The maximum Gasteiger partial charge on any atom is 0.323 e. The minimum atomic E-state index is -0.847. The third-order valence-corrected chi connectivity index (χ3v) is 5.94. The number of likely N-dealkylation sites (tertiary alicyclic amines) is 1. The van der Waals surface area contributed by atoms with Crippen LogP contribution in [0.1, 0.15) is 11.0 Å². The van der Waals surface area contributed by atoms with Gasteiger partial charge in [-0.2, -0.15) is 0 Å². The molecular weight excluding hydrogens is 354 g/mol. The Morgan fingerprint density at radius 3 is 2.58 bits per heavy atom. The van der Waals surface area contributed by atoms with Crippen LogP contribution >= 0.6 is 11.3 Å². The van der Waals surface area contributed by atoms with E-state index in [1.165, 1.54) is 25.5 Å². The van der Waals surface area contributed by atoms with Crippen molar-refractivity contribution in [2.24, 2.45) is 11.8 Å². The predicted molar refractivity (Wildman–Crippen MR) is 94.0 cm³/mol. The molecule has 2 amide bonds. The molecule has 4 rings (SSSR count). The molecule has 0 saturated carbocycles. The summed E-state index contributed by atoms with van der Waals surface area (Å²) in [5, 5.41) is 5.71. The first-order valence-electron chi connectivity index (χ1n) is 8.19. The van der Waals surface area contributed by atoms with Crippen molar-refractivity contribution in [1.29, 1.82) is 0 Å². The second-order valence-electron chi connectivity index (χ2n) is 6.37. The summed E-state index contributed by atoms with van der Waals surface area (Å²) in [5.74, 6) is -2.59. The van der Waals surface area contributed by atoms with Crippen LogP contribution in [0.25, 0.3) is 11.3 Å². The Hall–Kier alpha value is -2.58. The van der Waals surface area contributed by atoms with Crippen molar-refractivity contribution in [2.45, 2.75) is 12.1 Å².